The summed E-state index contributed by atoms with van der Waals surface area (Å²) in [5.74, 6) is 0.844. The molecular formula is C14H19N3O. The van der Waals surface area contributed by atoms with Crippen molar-refractivity contribution < 1.29 is 4.74 Å². The van der Waals surface area contributed by atoms with Gasteiger partial charge in [0.2, 0.25) is 0 Å². The molecule has 1 heterocycles. The summed E-state index contributed by atoms with van der Waals surface area (Å²) in [6.45, 7) is 5.40. The number of hydrogen-bond donors (Lipinski definition) is 1. The predicted molar refractivity (Wildman–Crippen MR) is 71.3 cm³/mol. The van der Waals surface area contributed by atoms with Crippen molar-refractivity contribution in [2.24, 2.45) is 5.73 Å². The second-order valence-electron chi connectivity index (χ2n) is 4.32. The minimum Gasteiger partial charge on any atom is -0.488 e. The summed E-state index contributed by atoms with van der Waals surface area (Å²) < 4.78 is 7.69. The first-order valence-electron chi connectivity index (χ1n) is 6.19. The highest BCUT2D eigenvalue weighted by atomic mass is 16.5. The van der Waals surface area contributed by atoms with E-state index in [-0.39, 0.29) is 6.04 Å². The number of ether oxygens (including phenoxy) is 1. The lowest BCUT2D eigenvalue weighted by Crippen LogP contribution is -2.07. The average molecular weight is 245 g/mol. The van der Waals surface area contributed by atoms with E-state index < -0.39 is 0 Å². The van der Waals surface area contributed by atoms with Gasteiger partial charge in [-0.15, -0.1) is 0 Å². The van der Waals surface area contributed by atoms with Crippen LogP contribution in [0.2, 0.25) is 0 Å². The monoisotopic (exact) mass is 245 g/mol. The summed E-state index contributed by atoms with van der Waals surface area (Å²) in [7, 11) is 0. The van der Waals surface area contributed by atoms with Crippen molar-refractivity contribution in [3.8, 4) is 5.75 Å². The number of aryl methyl sites for hydroxylation is 1. The fourth-order valence-electron chi connectivity index (χ4n) is 1.80. The van der Waals surface area contributed by atoms with Crippen LogP contribution in [0.4, 0.5) is 0 Å². The zero-order valence-corrected chi connectivity index (χ0v) is 10.8. The topological polar surface area (TPSA) is 53.1 Å². The Morgan fingerprint density at radius 2 is 2.17 bits per heavy atom. The van der Waals surface area contributed by atoms with Gasteiger partial charge in [-0.1, -0.05) is 18.2 Å². The van der Waals surface area contributed by atoms with Crippen LogP contribution < -0.4 is 10.5 Å². The van der Waals surface area contributed by atoms with Crippen LogP contribution in [-0.2, 0) is 13.2 Å². The Morgan fingerprint density at radius 1 is 1.39 bits per heavy atom. The molecule has 0 aliphatic carbocycles. The second-order valence-corrected chi connectivity index (χ2v) is 4.32. The van der Waals surface area contributed by atoms with E-state index in [9.17, 15) is 0 Å². The largest absolute Gasteiger partial charge is 0.488 e. The number of rotatable bonds is 5. The number of benzene rings is 1. The highest BCUT2D eigenvalue weighted by Crippen LogP contribution is 2.23. The quantitative estimate of drug-likeness (QED) is 0.880. The Balaban J connectivity index is 2.05. The van der Waals surface area contributed by atoms with Gasteiger partial charge in [0, 0.05) is 29.9 Å². The molecule has 0 aliphatic rings. The van der Waals surface area contributed by atoms with Crippen molar-refractivity contribution in [3.63, 3.8) is 0 Å². The van der Waals surface area contributed by atoms with Crippen molar-refractivity contribution in [1.82, 2.24) is 9.78 Å². The molecule has 0 spiro atoms. The summed E-state index contributed by atoms with van der Waals surface area (Å²) in [4.78, 5) is 0. The van der Waals surface area contributed by atoms with E-state index in [2.05, 4.69) is 12.0 Å². The second kappa shape index (κ2) is 5.69. The molecule has 0 aliphatic heterocycles. The smallest absolute Gasteiger partial charge is 0.124 e. The fraction of sp³-hybridized carbons (Fsp3) is 0.357. The molecule has 2 N–H and O–H groups in total. The van der Waals surface area contributed by atoms with Crippen molar-refractivity contribution in [2.75, 3.05) is 0 Å². The number of nitrogens with two attached hydrogens (primary N) is 1. The molecular weight excluding hydrogens is 226 g/mol. The highest BCUT2D eigenvalue weighted by molar-refractivity contribution is 5.35. The van der Waals surface area contributed by atoms with Crippen LogP contribution >= 0.6 is 0 Å². The molecule has 0 fully saturated rings. The Bertz CT molecular complexity index is 505. The maximum absolute atomic E-state index is 5.91. The maximum Gasteiger partial charge on any atom is 0.124 e. The van der Waals surface area contributed by atoms with Crippen LogP contribution in [0.3, 0.4) is 0 Å². The lowest BCUT2D eigenvalue weighted by atomic mass is 10.1. The van der Waals surface area contributed by atoms with E-state index in [4.69, 9.17) is 10.5 Å². The Hall–Kier alpha value is -1.81. The molecule has 0 radical (unpaired) electrons. The van der Waals surface area contributed by atoms with Gasteiger partial charge >= 0.3 is 0 Å². The van der Waals surface area contributed by atoms with Crippen LogP contribution in [0.1, 0.15) is 31.0 Å². The SMILES string of the molecule is CCn1cc(COc2ccccc2[C@H](C)N)cn1. The van der Waals surface area contributed by atoms with Gasteiger partial charge in [0.15, 0.2) is 0 Å². The Morgan fingerprint density at radius 3 is 2.83 bits per heavy atom. The lowest BCUT2D eigenvalue weighted by Gasteiger charge is -2.13. The summed E-state index contributed by atoms with van der Waals surface area (Å²) in [6, 6.07) is 7.84. The third-order valence-corrected chi connectivity index (χ3v) is 2.81. The van der Waals surface area contributed by atoms with Gasteiger partial charge in [0.25, 0.3) is 0 Å². The molecule has 0 unspecified atom stereocenters. The summed E-state index contributed by atoms with van der Waals surface area (Å²) in [5, 5.41) is 4.22. The van der Waals surface area contributed by atoms with Crippen LogP contribution in [0, 0.1) is 0 Å². The average Bonchev–Trinajstić information content (AvgIpc) is 2.84. The van der Waals surface area contributed by atoms with Gasteiger partial charge in [0.05, 0.1) is 6.20 Å². The standard InChI is InChI=1S/C14H19N3O/c1-3-17-9-12(8-16-17)10-18-14-7-5-4-6-13(14)11(2)15/h4-9,11H,3,10,15H2,1-2H3/t11-/m0/s1. The molecule has 0 bridgehead atoms. The van der Waals surface area contributed by atoms with Gasteiger partial charge in [-0.3, -0.25) is 4.68 Å². The van der Waals surface area contributed by atoms with Crippen molar-refractivity contribution in [3.05, 3.63) is 47.8 Å². The predicted octanol–water partition coefficient (Wildman–Crippen LogP) is 2.50. The number of hydrogen-bond acceptors (Lipinski definition) is 3. The molecule has 0 saturated carbocycles. The Kier molecular flexibility index (Phi) is 3.99. The number of nitrogens with zero attached hydrogens (tertiary/aromatic N) is 2. The molecule has 4 nitrogen and oxygen atoms in total. The third-order valence-electron chi connectivity index (χ3n) is 2.81. The maximum atomic E-state index is 5.91. The number of aromatic nitrogens is 2. The molecule has 96 valence electrons. The van der Waals surface area contributed by atoms with E-state index in [1.54, 1.807) is 0 Å². The van der Waals surface area contributed by atoms with E-state index in [0.717, 1.165) is 23.4 Å². The van der Waals surface area contributed by atoms with Crippen LogP contribution in [0.15, 0.2) is 36.7 Å². The van der Waals surface area contributed by atoms with Crippen molar-refractivity contribution in [1.29, 1.82) is 0 Å². The van der Waals surface area contributed by atoms with Gasteiger partial charge in [-0.25, -0.2) is 0 Å². The molecule has 0 saturated heterocycles. The molecule has 1 atom stereocenters. The first kappa shape index (κ1) is 12.6. The highest BCUT2D eigenvalue weighted by Gasteiger charge is 2.07. The van der Waals surface area contributed by atoms with Crippen LogP contribution in [-0.4, -0.2) is 9.78 Å². The molecule has 18 heavy (non-hydrogen) atoms. The fourth-order valence-corrected chi connectivity index (χ4v) is 1.80. The summed E-state index contributed by atoms with van der Waals surface area (Å²) in [6.07, 6.45) is 3.83. The van der Waals surface area contributed by atoms with Gasteiger partial charge < -0.3 is 10.5 Å². The molecule has 2 aromatic rings. The van der Waals surface area contributed by atoms with Crippen molar-refractivity contribution >= 4 is 0 Å². The van der Waals surface area contributed by atoms with Gasteiger partial charge in [-0.2, -0.15) is 5.10 Å². The van der Waals surface area contributed by atoms with E-state index >= 15 is 0 Å². The van der Waals surface area contributed by atoms with Crippen molar-refractivity contribution in [2.45, 2.75) is 33.0 Å². The molecule has 1 aromatic carbocycles. The van der Waals surface area contributed by atoms with Gasteiger partial charge in [-0.05, 0) is 19.9 Å². The lowest BCUT2D eigenvalue weighted by molar-refractivity contribution is 0.301. The van der Waals surface area contributed by atoms with Crippen LogP contribution in [0.5, 0.6) is 5.75 Å². The van der Waals surface area contributed by atoms with Gasteiger partial charge in [0.1, 0.15) is 12.4 Å². The minimum atomic E-state index is -0.0282. The first-order valence-corrected chi connectivity index (χ1v) is 6.19. The van der Waals surface area contributed by atoms with Crippen LogP contribution in [0.25, 0.3) is 0 Å². The summed E-state index contributed by atoms with van der Waals surface area (Å²) in [5.41, 5.74) is 8.01. The van der Waals surface area contributed by atoms with E-state index in [1.807, 2.05) is 48.3 Å². The molecule has 4 heteroatoms. The normalized spacial score (nSPS) is 12.4. The summed E-state index contributed by atoms with van der Waals surface area (Å²) >= 11 is 0. The zero-order valence-electron chi connectivity index (χ0n) is 10.8. The third kappa shape index (κ3) is 2.90. The number of para-hydroxylation sites is 1. The molecule has 2 rings (SSSR count). The minimum absolute atomic E-state index is 0.0282. The Labute approximate surface area is 107 Å². The van der Waals surface area contributed by atoms with E-state index in [0.29, 0.717) is 6.61 Å². The van der Waals surface area contributed by atoms with E-state index in [1.165, 1.54) is 0 Å². The first-order chi connectivity index (χ1) is 8.70. The molecule has 1 aromatic heterocycles. The zero-order chi connectivity index (χ0) is 13.0. The molecule has 0 amide bonds.